The molecule has 0 aliphatic rings. The lowest BCUT2D eigenvalue weighted by Crippen LogP contribution is -2.07. The van der Waals surface area contributed by atoms with Crippen LogP contribution in [0.5, 0.6) is 0 Å². The Kier molecular flexibility index (Phi) is 3.89. The lowest BCUT2D eigenvalue weighted by molar-refractivity contribution is 0.599. The van der Waals surface area contributed by atoms with Crippen LogP contribution in [0.25, 0.3) is 27.5 Å². The Labute approximate surface area is 156 Å². The smallest absolute Gasteiger partial charge is 0.177 e. The van der Waals surface area contributed by atoms with Crippen molar-refractivity contribution in [3.63, 3.8) is 0 Å². The van der Waals surface area contributed by atoms with Crippen molar-refractivity contribution in [3.8, 4) is 5.69 Å². The molecule has 0 aliphatic carbocycles. The number of hydrogen-bond acceptors (Lipinski definition) is 3. The van der Waals surface area contributed by atoms with Crippen LogP contribution in [0.4, 0.5) is 4.39 Å². The van der Waals surface area contributed by atoms with Crippen molar-refractivity contribution in [2.45, 2.75) is 31.6 Å². The van der Waals surface area contributed by atoms with Crippen LogP contribution in [0.3, 0.4) is 0 Å². The third-order valence-corrected chi connectivity index (χ3v) is 6.00. The van der Waals surface area contributed by atoms with Gasteiger partial charge in [0.1, 0.15) is 5.82 Å². The summed E-state index contributed by atoms with van der Waals surface area (Å²) in [5, 5.41) is 8.47. The summed E-state index contributed by atoms with van der Waals surface area (Å²) in [7, 11) is -3.49. The normalized spacial score (nSPS) is 12.5. The van der Waals surface area contributed by atoms with Crippen molar-refractivity contribution in [3.05, 3.63) is 53.6 Å². The average molecular weight is 385 g/mol. The number of rotatable bonds is 3. The molecule has 2 aromatic heterocycles. The van der Waals surface area contributed by atoms with E-state index in [9.17, 15) is 12.8 Å². The zero-order valence-electron chi connectivity index (χ0n) is 15.5. The quantitative estimate of drug-likeness (QED) is 0.565. The Morgan fingerprint density at radius 1 is 1.19 bits per heavy atom. The lowest BCUT2D eigenvalue weighted by Gasteiger charge is -2.15. The van der Waals surface area contributed by atoms with Gasteiger partial charge < -0.3 is 4.57 Å². The zero-order chi connectivity index (χ0) is 19.5. The van der Waals surface area contributed by atoms with Crippen LogP contribution in [0, 0.1) is 12.7 Å². The molecule has 4 aromatic rings. The SMILES string of the molecule is Cc1cc(-n2c(C(C)C)c(S(C)(=O)=O)c3cc4[nH]ncc4cc32)ccc1F. The molecule has 0 amide bonds. The molecule has 0 aliphatic heterocycles. The fourth-order valence-corrected chi connectivity index (χ4v) is 4.94. The van der Waals surface area contributed by atoms with Gasteiger partial charge in [-0.15, -0.1) is 0 Å². The average Bonchev–Trinajstić information content (AvgIpc) is 3.16. The van der Waals surface area contributed by atoms with Crippen LogP contribution in [-0.2, 0) is 9.84 Å². The van der Waals surface area contributed by atoms with E-state index in [-0.39, 0.29) is 11.7 Å². The molecule has 7 heteroatoms. The number of halogens is 1. The largest absolute Gasteiger partial charge is 0.312 e. The summed E-state index contributed by atoms with van der Waals surface area (Å²) in [6.07, 6.45) is 2.93. The van der Waals surface area contributed by atoms with Crippen LogP contribution in [0.2, 0.25) is 0 Å². The third kappa shape index (κ3) is 2.73. The van der Waals surface area contributed by atoms with E-state index in [1.165, 1.54) is 12.3 Å². The fraction of sp³-hybridized carbons (Fsp3) is 0.250. The van der Waals surface area contributed by atoms with Crippen LogP contribution >= 0.6 is 0 Å². The number of aromatic nitrogens is 3. The van der Waals surface area contributed by atoms with Gasteiger partial charge in [0.2, 0.25) is 0 Å². The maximum Gasteiger partial charge on any atom is 0.177 e. The predicted molar refractivity (Wildman–Crippen MR) is 105 cm³/mol. The van der Waals surface area contributed by atoms with E-state index in [1.807, 2.05) is 30.5 Å². The Hall–Kier alpha value is -2.67. The van der Waals surface area contributed by atoms with Crippen molar-refractivity contribution >= 4 is 31.6 Å². The summed E-state index contributed by atoms with van der Waals surface area (Å²) in [6, 6.07) is 8.59. The maximum atomic E-state index is 13.8. The van der Waals surface area contributed by atoms with E-state index in [2.05, 4.69) is 10.2 Å². The third-order valence-electron chi connectivity index (χ3n) is 4.83. The highest BCUT2D eigenvalue weighted by Gasteiger charge is 2.27. The van der Waals surface area contributed by atoms with E-state index in [0.717, 1.165) is 22.1 Å². The molecule has 0 atom stereocenters. The number of benzene rings is 2. The number of aryl methyl sites for hydroxylation is 1. The van der Waals surface area contributed by atoms with Crippen molar-refractivity contribution in [1.82, 2.24) is 14.8 Å². The molecule has 2 aromatic carbocycles. The molecule has 0 saturated heterocycles. The van der Waals surface area contributed by atoms with E-state index in [1.54, 1.807) is 25.3 Å². The van der Waals surface area contributed by atoms with Crippen LogP contribution < -0.4 is 0 Å². The first-order chi connectivity index (χ1) is 12.7. The minimum Gasteiger partial charge on any atom is -0.312 e. The molecule has 0 bridgehead atoms. The van der Waals surface area contributed by atoms with Gasteiger partial charge in [-0.05, 0) is 48.7 Å². The molecule has 0 radical (unpaired) electrons. The lowest BCUT2D eigenvalue weighted by atomic mass is 10.1. The fourth-order valence-electron chi connectivity index (χ4n) is 3.67. The summed E-state index contributed by atoms with van der Waals surface area (Å²) in [5.41, 5.74) is 3.47. The van der Waals surface area contributed by atoms with Gasteiger partial charge in [0.15, 0.2) is 9.84 Å². The Balaban J connectivity index is 2.24. The van der Waals surface area contributed by atoms with Gasteiger partial charge in [0.25, 0.3) is 0 Å². The molecular formula is C20H20FN3O2S. The topological polar surface area (TPSA) is 67.8 Å². The van der Waals surface area contributed by atoms with E-state index >= 15 is 0 Å². The molecule has 27 heavy (non-hydrogen) atoms. The van der Waals surface area contributed by atoms with Crippen molar-refractivity contribution in [2.75, 3.05) is 6.26 Å². The first-order valence-electron chi connectivity index (χ1n) is 8.66. The van der Waals surface area contributed by atoms with Gasteiger partial charge in [0, 0.05) is 28.4 Å². The van der Waals surface area contributed by atoms with Gasteiger partial charge >= 0.3 is 0 Å². The monoisotopic (exact) mass is 385 g/mol. The van der Waals surface area contributed by atoms with E-state index < -0.39 is 9.84 Å². The summed E-state index contributed by atoms with van der Waals surface area (Å²) < 4.78 is 41.2. The van der Waals surface area contributed by atoms with Gasteiger partial charge in [-0.3, -0.25) is 5.10 Å². The second-order valence-corrected chi connectivity index (χ2v) is 9.19. The standard InChI is InChI=1S/C20H20FN3O2S/c1-11(2)19-20(27(4,25)26)15-9-17-13(10-22-23-17)8-18(15)24(19)14-5-6-16(21)12(3)7-14/h5-11H,1-4H3,(H,22,23). The van der Waals surface area contributed by atoms with Crippen LogP contribution in [0.15, 0.2) is 41.4 Å². The maximum absolute atomic E-state index is 13.8. The molecule has 0 fully saturated rings. The molecule has 0 saturated carbocycles. The second kappa shape index (κ2) is 5.92. The Morgan fingerprint density at radius 2 is 1.93 bits per heavy atom. The molecule has 2 heterocycles. The Morgan fingerprint density at radius 3 is 2.56 bits per heavy atom. The minimum atomic E-state index is -3.49. The highest BCUT2D eigenvalue weighted by Crippen LogP contribution is 2.38. The van der Waals surface area contributed by atoms with Gasteiger partial charge in [-0.2, -0.15) is 5.10 Å². The van der Waals surface area contributed by atoms with Gasteiger partial charge in [-0.1, -0.05) is 13.8 Å². The summed E-state index contributed by atoms with van der Waals surface area (Å²) in [5.74, 6) is -0.342. The van der Waals surface area contributed by atoms with E-state index in [0.29, 0.717) is 21.5 Å². The summed E-state index contributed by atoms with van der Waals surface area (Å²) in [6.45, 7) is 5.62. The molecule has 5 nitrogen and oxygen atoms in total. The van der Waals surface area contributed by atoms with Crippen LogP contribution in [0.1, 0.15) is 31.0 Å². The zero-order valence-corrected chi connectivity index (χ0v) is 16.4. The molecule has 0 spiro atoms. The van der Waals surface area contributed by atoms with Crippen molar-refractivity contribution < 1.29 is 12.8 Å². The number of nitrogens with zero attached hydrogens (tertiary/aromatic N) is 2. The number of fused-ring (bicyclic) bond motifs is 2. The Bertz CT molecular complexity index is 1300. The predicted octanol–water partition coefficient (Wildman–Crippen LogP) is 4.48. The molecule has 140 valence electrons. The first-order valence-corrected chi connectivity index (χ1v) is 10.6. The molecule has 0 unspecified atom stereocenters. The van der Waals surface area contributed by atoms with Gasteiger partial charge in [-0.25, -0.2) is 12.8 Å². The minimum absolute atomic E-state index is 0.0519. The number of H-pyrrole nitrogens is 1. The molecule has 4 rings (SSSR count). The summed E-state index contributed by atoms with van der Waals surface area (Å²) >= 11 is 0. The highest BCUT2D eigenvalue weighted by atomic mass is 32.2. The number of sulfone groups is 1. The van der Waals surface area contributed by atoms with Gasteiger partial charge in [0.05, 0.1) is 22.1 Å². The number of nitrogens with one attached hydrogen (secondary N) is 1. The number of aromatic amines is 1. The van der Waals surface area contributed by atoms with Crippen LogP contribution in [-0.4, -0.2) is 29.4 Å². The number of hydrogen-bond donors (Lipinski definition) is 1. The van der Waals surface area contributed by atoms with E-state index in [4.69, 9.17) is 0 Å². The van der Waals surface area contributed by atoms with Crippen molar-refractivity contribution in [2.24, 2.45) is 0 Å². The first kappa shape index (κ1) is 17.7. The second-order valence-electron chi connectivity index (χ2n) is 7.24. The van der Waals surface area contributed by atoms with Crippen molar-refractivity contribution in [1.29, 1.82) is 0 Å². The molecule has 1 N–H and O–H groups in total. The summed E-state index contributed by atoms with van der Waals surface area (Å²) in [4.78, 5) is 0.311. The highest BCUT2D eigenvalue weighted by molar-refractivity contribution is 7.91. The molecular weight excluding hydrogens is 365 g/mol.